The van der Waals surface area contributed by atoms with E-state index in [0.29, 0.717) is 40.5 Å². The first-order chi connectivity index (χ1) is 21.6. The van der Waals surface area contributed by atoms with Crippen molar-refractivity contribution >= 4 is 41.4 Å². The van der Waals surface area contributed by atoms with Crippen LogP contribution in [0.15, 0.2) is 71.0 Å². The van der Waals surface area contributed by atoms with Crippen LogP contribution in [0.1, 0.15) is 36.6 Å². The molecule has 0 radical (unpaired) electrons. The van der Waals surface area contributed by atoms with E-state index in [-0.39, 0.29) is 34.6 Å². The van der Waals surface area contributed by atoms with Crippen molar-refractivity contribution in [1.29, 1.82) is 0 Å². The van der Waals surface area contributed by atoms with Crippen molar-refractivity contribution in [2.75, 3.05) is 20.3 Å². The zero-order chi connectivity index (χ0) is 32.5. The van der Waals surface area contributed by atoms with E-state index >= 15 is 0 Å². The topological polar surface area (TPSA) is 140 Å². The van der Waals surface area contributed by atoms with E-state index in [4.69, 9.17) is 42.1 Å². The van der Waals surface area contributed by atoms with Crippen molar-refractivity contribution in [3.63, 3.8) is 0 Å². The van der Waals surface area contributed by atoms with Gasteiger partial charge in [0.25, 0.3) is 0 Å². The first-order valence-corrected chi connectivity index (χ1v) is 14.4. The summed E-state index contributed by atoms with van der Waals surface area (Å²) in [6.45, 7) is 3.44. The molecule has 0 saturated carbocycles. The maximum atomic E-state index is 13.9. The molecule has 3 aromatic carbocycles. The van der Waals surface area contributed by atoms with Crippen molar-refractivity contribution in [2.45, 2.75) is 32.7 Å². The quantitative estimate of drug-likeness (QED) is 0.0846. The van der Waals surface area contributed by atoms with Crippen LogP contribution in [0.5, 0.6) is 17.2 Å². The molecule has 14 heteroatoms. The number of ether oxygens (including phenoxy) is 4. The van der Waals surface area contributed by atoms with Crippen molar-refractivity contribution < 1.29 is 38.0 Å². The molecular formula is C31H31Cl2FN4O7. The fraction of sp³-hybridized carbons (Fsp3) is 0.258. The van der Waals surface area contributed by atoms with Crippen LogP contribution >= 0.6 is 23.2 Å². The summed E-state index contributed by atoms with van der Waals surface area (Å²) in [6, 6.07) is 13.0. The monoisotopic (exact) mass is 660 g/mol. The van der Waals surface area contributed by atoms with Gasteiger partial charge < -0.3 is 34.7 Å². The summed E-state index contributed by atoms with van der Waals surface area (Å²) in [4.78, 5) is 24.6. The smallest absolute Gasteiger partial charge is 0.337 e. The average molecular weight is 662 g/mol. The third-order valence-corrected chi connectivity index (χ3v) is 7.02. The number of carbonyl (C=O) groups excluding carboxylic acids is 2. The molecule has 0 spiro atoms. The van der Waals surface area contributed by atoms with Gasteiger partial charge in [0.05, 0.1) is 41.6 Å². The standard InChI is InChI=1S/C31H31Cl2FN4O7/c1-4-43-25-13-19(28-27(30(40)42-3)17(2)36-31(41)37-28)9-10-24(25)44-16-26(39)38-35-14-18-11-21(32)29(22(33)12-18)45-15-20-7-5-6-8-23(20)34/h5-14,26,28,38-39H,4,15-16H2,1-3H3,(H2,36,37,41)/b35-14-/t26-,28-/m1/s1. The SMILES string of the molecule is CCOc1cc([C@H]2NC(=O)NC(C)=C2C(=O)OC)ccc1OC[C@@H](O)N/N=C\c1cc(Cl)c(OCc2ccccc2F)c(Cl)c1. The Bertz CT molecular complexity index is 1600. The number of nitrogens with one attached hydrogen (secondary N) is 3. The molecule has 4 rings (SSSR count). The highest BCUT2D eigenvalue weighted by Crippen LogP contribution is 2.36. The Hall–Kier alpha value is -4.52. The molecule has 1 aliphatic rings. The molecule has 1 heterocycles. The third kappa shape index (κ3) is 8.56. The van der Waals surface area contributed by atoms with Crippen molar-refractivity contribution in [2.24, 2.45) is 5.10 Å². The molecule has 0 saturated heterocycles. The van der Waals surface area contributed by atoms with Gasteiger partial charge in [-0.3, -0.25) is 5.43 Å². The number of methoxy groups -OCH3 is 1. The molecule has 0 bridgehead atoms. The fourth-order valence-corrected chi connectivity index (χ4v) is 4.99. The molecule has 1 aliphatic heterocycles. The van der Waals surface area contributed by atoms with Crippen LogP contribution < -0.4 is 30.3 Å². The number of allylic oxidation sites excluding steroid dienone is 1. The van der Waals surface area contributed by atoms with Gasteiger partial charge in [0.15, 0.2) is 23.5 Å². The van der Waals surface area contributed by atoms with Crippen LogP contribution in [0.2, 0.25) is 10.0 Å². The lowest BCUT2D eigenvalue weighted by atomic mass is 9.95. The summed E-state index contributed by atoms with van der Waals surface area (Å²) < 4.78 is 35.9. The predicted molar refractivity (Wildman–Crippen MR) is 166 cm³/mol. The summed E-state index contributed by atoms with van der Waals surface area (Å²) in [6.07, 6.45) is 0.175. The van der Waals surface area contributed by atoms with Crippen LogP contribution in [-0.4, -0.2) is 49.9 Å². The van der Waals surface area contributed by atoms with Gasteiger partial charge in [-0.15, -0.1) is 0 Å². The lowest BCUT2D eigenvalue weighted by Gasteiger charge is -2.28. The number of hydrogen-bond donors (Lipinski definition) is 4. The van der Waals surface area contributed by atoms with Gasteiger partial charge in [-0.25, -0.2) is 14.0 Å². The highest BCUT2D eigenvalue weighted by atomic mass is 35.5. The third-order valence-electron chi connectivity index (χ3n) is 6.46. The number of nitrogens with zero attached hydrogens (tertiary/aromatic N) is 1. The molecule has 45 heavy (non-hydrogen) atoms. The number of esters is 1. The summed E-state index contributed by atoms with van der Waals surface area (Å²) >= 11 is 12.7. The van der Waals surface area contributed by atoms with Gasteiger partial charge >= 0.3 is 12.0 Å². The molecule has 0 fully saturated rings. The normalized spacial score (nSPS) is 15.3. The summed E-state index contributed by atoms with van der Waals surface area (Å²) in [5.74, 6) is -0.141. The summed E-state index contributed by atoms with van der Waals surface area (Å²) in [7, 11) is 1.26. The molecule has 4 N–H and O–H groups in total. The molecule has 0 aromatic heterocycles. The minimum absolute atomic E-state index is 0.0547. The van der Waals surface area contributed by atoms with Crippen LogP contribution in [-0.2, 0) is 16.1 Å². The van der Waals surface area contributed by atoms with Crippen LogP contribution in [0, 0.1) is 5.82 Å². The van der Waals surface area contributed by atoms with Crippen LogP contribution in [0.4, 0.5) is 9.18 Å². The molecule has 2 amide bonds. The Labute approximate surface area is 268 Å². The second kappa shape index (κ2) is 15.5. The maximum absolute atomic E-state index is 13.9. The molecule has 238 valence electrons. The number of benzene rings is 3. The largest absolute Gasteiger partial charge is 0.490 e. The molecule has 3 aromatic rings. The summed E-state index contributed by atoms with van der Waals surface area (Å²) in [5.41, 5.74) is 4.59. The first-order valence-electron chi connectivity index (χ1n) is 13.7. The van der Waals surface area contributed by atoms with E-state index in [1.54, 1.807) is 62.4 Å². The Balaban J connectivity index is 1.37. The van der Waals surface area contributed by atoms with Crippen molar-refractivity contribution in [3.8, 4) is 17.2 Å². The molecule has 11 nitrogen and oxygen atoms in total. The van der Waals surface area contributed by atoms with E-state index in [9.17, 15) is 19.1 Å². The highest BCUT2D eigenvalue weighted by Gasteiger charge is 2.32. The lowest BCUT2D eigenvalue weighted by Crippen LogP contribution is -2.45. The Morgan fingerprint density at radius 2 is 1.84 bits per heavy atom. The Morgan fingerprint density at radius 1 is 1.11 bits per heavy atom. The van der Waals surface area contributed by atoms with Gasteiger partial charge in [0.2, 0.25) is 0 Å². The summed E-state index contributed by atoms with van der Waals surface area (Å²) in [5, 5.41) is 20.1. The minimum Gasteiger partial charge on any atom is -0.490 e. The lowest BCUT2D eigenvalue weighted by molar-refractivity contribution is -0.136. The molecule has 2 atom stereocenters. The van der Waals surface area contributed by atoms with Gasteiger partial charge in [0, 0.05) is 11.3 Å². The molecule has 0 unspecified atom stereocenters. The Morgan fingerprint density at radius 3 is 2.53 bits per heavy atom. The highest BCUT2D eigenvalue weighted by molar-refractivity contribution is 6.37. The zero-order valence-corrected chi connectivity index (χ0v) is 26.0. The predicted octanol–water partition coefficient (Wildman–Crippen LogP) is 5.23. The van der Waals surface area contributed by atoms with Crippen LogP contribution in [0.25, 0.3) is 0 Å². The average Bonchev–Trinajstić information content (AvgIpc) is 3.00. The number of hydrogen-bond acceptors (Lipinski definition) is 9. The fourth-order valence-electron chi connectivity index (χ4n) is 4.38. The van der Waals surface area contributed by atoms with E-state index in [1.165, 1.54) is 19.4 Å². The van der Waals surface area contributed by atoms with Crippen molar-refractivity contribution in [3.05, 3.63) is 98.4 Å². The number of aliphatic hydroxyl groups excluding tert-OH is 1. The minimum atomic E-state index is -1.22. The first kappa shape index (κ1) is 33.4. The van der Waals surface area contributed by atoms with Crippen molar-refractivity contribution in [1.82, 2.24) is 16.1 Å². The number of rotatable bonds is 13. The maximum Gasteiger partial charge on any atom is 0.337 e. The number of hydrazone groups is 1. The molecular weight excluding hydrogens is 630 g/mol. The number of urea groups is 1. The van der Waals surface area contributed by atoms with Gasteiger partial charge in [-0.1, -0.05) is 47.5 Å². The second-order valence-electron chi connectivity index (χ2n) is 9.61. The van der Waals surface area contributed by atoms with Gasteiger partial charge in [0.1, 0.15) is 19.0 Å². The van der Waals surface area contributed by atoms with E-state index in [1.807, 2.05) is 0 Å². The van der Waals surface area contributed by atoms with Crippen LogP contribution in [0.3, 0.4) is 0 Å². The van der Waals surface area contributed by atoms with Gasteiger partial charge in [-0.2, -0.15) is 5.10 Å². The number of carbonyl (C=O) groups is 2. The van der Waals surface area contributed by atoms with E-state index in [0.717, 1.165) is 0 Å². The van der Waals surface area contributed by atoms with E-state index in [2.05, 4.69) is 21.2 Å². The second-order valence-corrected chi connectivity index (χ2v) is 10.4. The number of halogens is 3. The van der Waals surface area contributed by atoms with Gasteiger partial charge in [-0.05, 0) is 55.3 Å². The zero-order valence-electron chi connectivity index (χ0n) is 24.5. The Kier molecular flexibility index (Phi) is 11.5. The number of aliphatic hydroxyl groups is 1. The number of amides is 2. The molecule has 0 aliphatic carbocycles. The van der Waals surface area contributed by atoms with E-state index < -0.39 is 30.1 Å².